The van der Waals surface area contributed by atoms with Crippen LogP contribution in [0.5, 0.6) is 0 Å². The Kier molecular flexibility index (Phi) is 3.42. The predicted molar refractivity (Wildman–Crippen MR) is 68.2 cm³/mol. The molecule has 0 aromatic carbocycles. The molecular formula is C10H16N2O3S2. The molecular weight excluding hydrogens is 260 g/mol. The van der Waals surface area contributed by atoms with Crippen molar-refractivity contribution in [2.24, 2.45) is 0 Å². The highest BCUT2D eigenvalue weighted by Crippen LogP contribution is 2.29. The summed E-state index contributed by atoms with van der Waals surface area (Å²) in [5.41, 5.74) is 0. The highest BCUT2D eigenvalue weighted by atomic mass is 32.2. The molecule has 1 fully saturated rings. The summed E-state index contributed by atoms with van der Waals surface area (Å²) in [6.07, 6.45) is 1.13. The third-order valence-electron chi connectivity index (χ3n) is 2.84. The van der Waals surface area contributed by atoms with Crippen LogP contribution in [0.15, 0.2) is 6.20 Å². The molecule has 0 amide bonds. The van der Waals surface area contributed by atoms with Crippen molar-refractivity contribution in [2.45, 2.75) is 26.0 Å². The summed E-state index contributed by atoms with van der Waals surface area (Å²) in [6, 6.07) is -0.0539. The molecule has 1 aliphatic rings. The lowest BCUT2D eigenvalue weighted by molar-refractivity contribution is 0.203. The van der Waals surface area contributed by atoms with Crippen molar-refractivity contribution in [1.29, 1.82) is 0 Å². The van der Waals surface area contributed by atoms with E-state index in [1.54, 1.807) is 13.1 Å². The topological polar surface area (TPSA) is 70.5 Å². The van der Waals surface area contributed by atoms with E-state index in [1.165, 1.54) is 11.3 Å². The van der Waals surface area contributed by atoms with Crippen molar-refractivity contribution in [1.82, 2.24) is 4.98 Å². The number of sulfone groups is 1. The highest BCUT2D eigenvalue weighted by Gasteiger charge is 2.29. The fraction of sp³-hybridized carbons (Fsp3) is 0.700. The van der Waals surface area contributed by atoms with Crippen LogP contribution in [0.2, 0.25) is 0 Å². The number of aliphatic hydroxyl groups excluding tert-OH is 1. The van der Waals surface area contributed by atoms with E-state index in [4.69, 9.17) is 0 Å². The second kappa shape index (κ2) is 4.55. The normalized spacial score (nSPS) is 25.8. The van der Waals surface area contributed by atoms with E-state index in [0.29, 0.717) is 6.54 Å². The first-order valence-corrected chi connectivity index (χ1v) is 8.14. The Morgan fingerprint density at radius 1 is 1.65 bits per heavy atom. The monoisotopic (exact) mass is 276 g/mol. The zero-order valence-electron chi connectivity index (χ0n) is 9.83. The Labute approximate surface area is 105 Å². The molecule has 17 heavy (non-hydrogen) atoms. The van der Waals surface area contributed by atoms with Gasteiger partial charge in [0.15, 0.2) is 15.0 Å². The van der Waals surface area contributed by atoms with Crippen LogP contribution in [0.3, 0.4) is 0 Å². The van der Waals surface area contributed by atoms with Crippen LogP contribution in [-0.2, 0) is 9.84 Å². The molecule has 1 aromatic heterocycles. The Balaban J connectivity index is 2.17. The summed E-state index contributed by atoms with van der Waals surface area (Å²) < 4.78 is 22.9. The van der Waals surface area contributed by atoms with E-state index in [-0.39, 0.29) is 17.5 Å². The number of aliphatic hydroxyl groups is 1. The lowest BCUT2D eigenvalue weighted by Crippen LogP contribution is -2.46. The van der Waals surface area contributed by atoms with Gasteiger partial charge in [-0.3, -0.25) is 0 Å². The van der Waals surface area contributed by atoms with Gasteiger partial charge in [-0.2, -0.15) is 0 Å². The molecule has 0 radical (unpaired) electrons. The number of rotatable bonds is 2. The maximum absolute atomic E-state index is 11.5. The predicted octanol–water partition coefficient (Wildman–Crippen LogP) is 0.820. The summed E-state index contributed by atoms with van der Waals surface area (Å²) >= 11 is 1.42. The van der Waals surface area contributed by atoms with Gasteiger partial charge in [0.1, 0.15) is 0 Å². The van der Waals surface area contributed by atoms with Gasteiger partial charge in [-0.15, -0.1) is 0 Å². The fourth-order valence-corrected chi connectivity index (χ4v) is 4.42. The maximum atomic E-state index is 11.5. The minimum Gasteiger partial charge on any atom is -0.388 e. The average molecular weight is 276 g/mol. The van der Waals surface area contributed by atoms with Gasteiger partial charge >= 0.3 is 0 Å². The molecule has 2 heterocycles. The summed E-state index contributed by atoms with van der Waals surface area (Å²) in [4.78, 5) is 7.05. The van der Waals surface area contributed by atoms with Gasteiger partial charge in [-0.1, -0.05) is 11.3 Å². The summed E-state index contributed by atoms with van der Waals surface area (Å²) in [5.74, 6) is 0.359. The highest BCUT2D eigenvalue weighted by molar-refractivity contribution is 7.91. The number of hydrogen-bond donors (Lipinski definition) is 1. The quantitative estimate of drug-likeness (QED) is 0.866. The zero-order valence-corrected chi connectivity index (χ0v) is 11.5. The van der Waals surface area contributed by atoms with Crippen LogP contribution in [0.25, 0.3) is 0 Å². The summed E-state index contributed by atoms with van der Waals surface area (Å²) in [5, 5.41) is 10.2. The second-order valence-electron chi connectivity index (χ2n) is 4.38. The second-order valence-corrected chi connectivity index (χ2v) is 7.65. The van der Waals surface area contributed by atoms with Gasteiger partial charge in [0.05, 0.1) is 22.5 Å². The molecule has 1 aliphatic heterocycles. The van der Waals surface area contributed by atoms with Crippen molar-refractivity contribution in [3.8, 4) is 0 Å². The summed E-state index contributed by atoms with van der Waals surface area (Å²) in [6.45, 7) is 4.07. The van der Waals surface area contributed by atoms with E-state index >= 15 is 0 Å². The smallest absolute Gasteiger partial charge is 0.185 e. The number of aromatic nitrogens is 1. The van der Waals surface area contributed by atoms with Crippen molar-refractivity contribution in [3.63, 3.8) is 0 Å². The van der Waals surface area contributed by atoms with Gasteiger partial charge in [-0.25, -0.2) is 13.4 Å². The van der Waals surface area contributed by atoms with Gasteiger partial charge in [0.2, 0.25) is 0 Å². The molecule has 7 heteroatoms. The average Bonchev–Trinajstić information content (AvgIpc) is 2.65. The molecule has 2 unspecified atom stereocenters. The third kappa shape index (κ3) is 2.78. The van der Waals surface area contributed by atoms with Gasteiger partial charge in [-0.05, 0) is 13.8 Å². The SMILES string of the molecule is CC(O)c1cnc(N2CCS(=O)(=O)CC2C)s1. The molecule has 0 saturated carbocycles. The Hall–Kier alpha value is -0.660. The minimum atomic E-state index is -2.90. The first-order valence-electron chi connectivity index (χ1n) is 5.50. The molecule has 5 nitrogen and oxygen atoms in total. The van der Waals surface area contributed by atoms with Gasteiger partial charge in [0.25, 0.3) is 0 Å². The van der Waals surface area contributed by atoms with Crippen molar-refractivity contribution in [3.05, 3.63) is 11.1 Å². The van der Waals surface area contributed by atoms with E-state index < -0.39 is 15.9 Å². The van der Waals surface area contributed by atoms with Crippen molar-refractivity contribution < 1.29 is 13.5 Å². The largest absolute Gasteiger partial charge is 0.388 e. The van der Waals surface area contributed by atoms with E-state index in [9.17, 15) is 13.5 Å². The minimum absolute atomic E-state index is 0.0539. The van der Waals surface area contributed by atoms with Crippen molar-refractivity contribution >= 4 is 26.3 Å². The van der Waals surface area contributed by atoms with E-state index in [2.05, 4.69) is 4.98 Å². The molecule has 2 atom stereocenters. The molecule has 96 valence electrons. The number of nitrogens with zero attached hydrogens (tertiary/aromatic N) is 2. The summed E-state index contributed by atoms with van der Waals surface area (Å²) in [7, 11) is -2.90. The van der Waals surface area contributed by atoms with Crippen LogP contribution in [0.4, 0.5) is 5.13 Å². The maximum Gasteiger partial charge on any atom is 0.185 e. The Morgan fingerprint density at radius 2 is 2.35 bits per heavy atom. The standard InChI is InChI=1S/C10H16N2O3S2/c1-7-6-17(14,15)4-3-12(7)10-11-5-9(16-10)8(2)13/h5,7-8,13H,3-4,6H2,1-2H3. The van der Waals surface area contributed by atoms with Crippen LogP contribution in [-0.4, -0.2) is 42.6 Å². The van der Waals surface area contributed by atoms with Crippen LogP contribution >= 0.6 is 11.3 Å². The van der Waals surface area contributed by atoms with E-state index in [1.807, 2.05) is 11.8 Å². The van der Waals surface area contributed by atoms with Gasteiger partial charge in [0, 0.05) is 18.8 Å². The lowest BCUT2D eigenvalue weighted by Gasteiger charge is -2.32. The fourth-order valence-electron chi connectivity index (χ4n) is 1.89. The molecule has 1 saturated heterocycles. The Morgan fingerprint density at radius 3 is 2.88 bits per heavy atom. The van der Waals surface area contributed by atoms with Crippen LogP contribution in [0.1, 0.15) is 24.8 Å². The molecule has 2 rings (SSSR count). The van der Waals surface area contributed by atoms with Gasteiger partial charge < -0.3 is 10.0 Å². The van der Waals surface area contributed by atoms with Crippen molar-refractivity contribution in [2.75, 3.05) is 23.0 Å². The number of thiazole rings is 1. The third-order valence-corrected chi connectivity index (χ3v) is 5.84. The number of anilines is 1. The molecule has 1 N–H and O–H groups in total. The number of hydrogen-bond acceptors (Lipinski definition) is 6. The first kappa shape index (κ1) is 12.8. The molecule has 1 aromatic rings. The Bertz CT molecular complexity index is 495. The van der Waals surface area contributed by atoms with Crippen LogP contribution in [0, 0.1) is 0 Å². The molecule has 0 aliphatic carbocycles. The van der Waals surface area contributed by atoms with E-state index in [0.717, 1.165) is 10.0 Å². The lowest BCUT2D eigenvalue weighted by atomic mass is 10.3. The van der Waals surface area contributed by atoms with Crippen LogP contribution < -0.4 is 4.90 Å². The zero-order chi connectivity index (χ0) is 12.6. The first-order chi connectivity index (χ1) is 7.89. The molecule has 0 spiro atoms. The molecule has 0 bridgehead atoms.